The molecule has 0 aliphatic carbocycles. The Hall–Kier alpha value is -2.41. The van der Waals surface area contributed by atoms with Crippen molar-refractivity contribution in [2.24, 2.45) is 0 Å². The minimum Gasteiger partial charge on any atom is -0.391 e. The normalized spacial score (nSPS) is 11.9. The number of aromatic amines is 1. The zero-order valence-corrected chi connectivity index (χ0v) is 11.8. The molecule has 0 saturated carbocycles. The minimum absolute atomic E-state index is 0.219. The second-order valence-electron chi connectivity index (χ2n) is 4.65. The van der Waals surface area contributed by atoms with Gasteiger partial charge in [0, 0.05) is 12.7 Å². The first-order chi connectivity index (χ1) is 10.2. The van der Waals surface area contributed by atoms with Crippen LogP contribution in [0.3, 0.4) is 0 Å². The van der Waals surface area contributed by atoms with Crippen molar-refractivity contribution in [3.63, 3.8) is 0 Å². The lowest BCUT2D eigenvalue weighted by molar-refractivity contribution is 0.162. The summed E-state index contributed by atoms with van der Waals surface area (Å²) in [6.45, 7) is 2.20. The molecular formula is C14H19N5O2. The van der Waals surface area contributed by atoms with Crippen molar-refractivity contribution in [2.45, 2.75) is 25.9 Å². The molecule has 1 unspecified atom stereocenters. The molecule has 0 spiro atoms. The molecule has 2 aromatic rings. The predicted octanol–water partition coefficient (Wildman–Crippen LogP) is 1.75. The first-order valence-electron chi connectivity index (χ1n) is 6.88. The Bertz CT molecular complexity index is 570. The van der Waals surface area contributed by atoms with Gasteiger partial charge in [0.2, 0.25) is 0 Å². The molecule has 112 valence electrons. The Balaban J connectivity index is 1.95. The number of urea groups is 1. The average molecular weight is 289 g/mol. The third kappa shape index (κ3) is 4.28. The summed E-state index contributed by atoms with van der Waals surface area (Å²) in [5.41, 5.74) is 1.87. The van der Waals surface area contributed by atoms with Gasteiger partial charge in [-0.2, -0.15) is 5.10 Å². The Morgan fingerprint density at radius 1 is 1.48 bits per heavy atom. The summed E-state index contributed by atoms with van der Waals surface area (Å²) in [7, 11) is 0. The molecule has 2 amide bonds. The summed E-state index contributed by atoms with van der Waals surface area (Å²) in [5.74, 6) is 0. The fourth-order valence-corrected chi connectivity index (χ4v) is 1.90. The number of H-pyrrole nitrogens is 1. The first kappa shape index (κ1) is 15.0. The van der Waals surface area contributed by atoms with Crippen LogP contribution in [0.15, 0.2) is 30.6 Å². The molecule has 7 heteroatoms. The molecule has 4 N–H and O–H groups in total. The number of hydrogen-bond donors (Lipinski definition) is 4. The number of anilines is 1. The highest BCUT2D eigenvalue weighted by atomic mass is 16.3. The number of carbonyl (C=O) groups is 1. The quantitative estimate of drug-likeness (QED) is 0.650. The molecule has 0 radical (unpaired) electrons. The number of carbonyl (C=O) groups excluding carboxylic acids is 1. The molecule has 2 rings (SSSR count). The number of rotatable bonds is 6. The topological polar surface area (TPSA) is 103 Å². The third-order valence-corrected chi connectivity index (χ3v) is 2.93. The Kier molecular flexibility index (Phi) is 5.28. The van der Waals surface area contributed by atoms with E-state index in [9.17, 15) is 9.90 Å². The molecule has 0 aliphatic rings. The number of nitrogens with zero attached hydrogens (tertiary/aromatic N) is 2. The minimum atomic E-state index is -0.527. The van der Waals surface area contributed by atoms with Crippen LogP contribution in [-0.4, -0.2) is 39.0 Å². The fourth-order valence-electron chi connectivity index (χ4n) is 1.90. The highest BCUT2D eigenvalue weighted by Gasteiger charge is 2.12. The van der Waals surface area contributed by atoms with E-state index in [1.165, 1.54) is 6.20 Å². The van der Waals surface area contributed by atoms with Crippen LogP contribution in [0, 0.1) is 0 Å². The van der Waals surface area contributed by atoms with Crippen LogP contribution in [0.5, 0.6) is 0 Å². The van der Waals surface area contributed by atoms with Gasteiger partial charge >= 0.3 is 6.03 Å². The molecule has 7 nitrogen and oxygen atoms in total. The van der Waals surface area contributed by atoms with Crippen molar-refractivity contribution < 1.29 is 9.90 Å². The van der Waals surface area contributed by atoms with E-state index in [0.717, 1.165) is 6.42 Å². The second-order valence-corrected chi connectivity index (χ2v) is 4.65. The van der Waals surface area contributed by atoms with Crippen LogP contribution in [-0.2, 0) is 0 Å². The zero-order valence-electron chi connectivity index (χ0n) is 11.8. The summed E-state index contributed by atoms with van der Waals surface area (Å²) in [5, 5.41) is 21.6. The van der Waals surface area contributed by atoms with E-state index in [1.54, 1.807) is 6.20 Å². The van der Waals surface area contributed by atoms with E-state index in [0.29, 0.717) is 23.5 Å². The highest BCUT2D eigenvalue weighted by molar-refractivity contribution is 5.92. The number of amides is 2. The van der Waals surface area contributed by atoms with Gasteiger partial charge in [0.15, 0.2) is 0 Å². The van der Waals surface area contributed by atoms with E-state index < -0.39 is 6.10 Å². The van der Waals surface area contributed by atoms with Crippen molar-refractivity contribution in [1.82, 2.24) is 20.5 Å². The first-order valence-corrected chi connectivity index (χ1v) is 6.88. The van der Waals surface area contributed by atoms with Crippen molar-refractivity contribution in [3.05, 3.63) is 30.6 Å². The van der Waals surface area contributed by atoms with Crippen LogP contribution in [0.2, 0.25) is 0 Å². The Morgan fingerprint density at radius 3 is 3.05 bits per heavy atom. The lowest BCUT2D eigenvalue weighted by Crippen LogP contribution is -2.35. The molecule has 0 fully saturated rings. The summed E-state index contributed by atoms with van der Waals surface area (Å²) in [4.78, 5) is 16.0. The van der Waals surface area contributed by atoms with Gasteiger partial charge in [0.1, 0.15) is 5.69 Å². The van der Waals surface area contributed by atoms with E-state index in [2.05, 4.69) is 25.8 Å². The lowest BCUT2D eigenvalue weighted by atomic mass is 10.2. The fraction of sp³-hybridized carbons (Fsp3) is 0.357. The molecule has 0 bridgehead atoms. The van der Waals surface area contributed by atoms with Crippen molar-refractivity contribution in [1.29, 1.82) is 0 Å². The molecule has 21 heavy (non-hydrogen) atoms. The molecule has 2 heterocycles. The van der Waals surface area contributed by atoms with E-state index in [1.807, 2.05) is 25.1 Å². The standard InChI is InChI=1S/C14H19N5O2/c1-2-5-10(20)8-16-14(21)18-12-9-17-19-13(12)11-6-3-4-7-15-11/h3-4,6-7,9-10,20H,2,5,8H2,1H3,(H,17,19)(H2,16,18,21). The SMILES string of the molecule is CCCC(O)CNC(=O)Nc1cn[nH]c1-c1ccccn1. The molecular weight excluding hydrogens is 270 g/mol. The van der Waals surface area contributed by atoms with E-state index in [4.69, 9.17) is 0 Å². The van der Waals surface area contributed by atoms with Gasteiger partial charge in [-0.1, -0.05) is 19.4 Å². The summed E-state index contributed by atoms with van der Waals surface area (Å²) < 4.78 is 0. The third-order valence-electron chi connectivity index (χ3n) is 2.93. The molecule has 2 aromatic heterocycles. The van der Waals surface area contributed by atoms with Crippen molar-refractivity contribution in [2.75, 3.05) is 11.9 Å². The van der Waals surface area contributed by atoms with Gasteiger partial charge in [-0.3, -0.25) is 10.1 Å². The lowest BCUT2D eigenvalue weighted by Gasteiger charge is -2.11. The van der Waals surface area contributed by atoms with Crippen LogP contribution < -0.4 is 10.6 Å². The van der Waals surface area contributed by atoms with Crippen LogP contribution in [0.1, 0.15) is 19.8 Å². The maximum absolute atomic E-state index is 11.8. The van der Waals surface area contributed by atoms with Gasteiger partial charge in [0.25, 0.3) is 0 Å². The maximum atomic E-state index is 11.8. The highest BCUT2D eigenvalue weighted by Crippen LogP contribution is 2.22. The van der Waals surface area contributed by atoms with Gasteiger partial charge in [-0.05, 0) is 18.6 Å². The number of nitrogens with one attached hydrogen (secondary N) is 3. The van der Waals surface area contributed by atoms with Gasteiger partial charge in [-0.15, -0.1) is 0 Å². The van der Waals surface area contributed by atoms with Crippen LogP contribution in [0.4, 0.5) is 10.5 Å². The van der Waals surface area contributed by atoms with Crippen LogP contribution >= 0.6 is 0 Å². The molecule has 1 atom stereocenters. The van der Waals surface area contributed by atoms with Crippen molar-refractivity contribution >= 4 is 11.7 Å². The molecule has 0 saturated heterocycles. The number of aromatic nitrogens is 3. The average Bonchev–Trinajstić information content (AvgIpc) is 2.94. The monoisotopic (exact) mass is 289 g/mol. The second kappa shape index (κ2) is 7.39. The predicted molar refractivity (Wildman–Crippen MR) is 79.8 cm³/mol. The van der Waals surface area contributed by atoms with E-state index >= 15 is 0 Å². The zero-order chi connectivity index (χ0) is 15.1. The summed E-state index contributed by atoms with van der Waals surface area (Å²) in [6.07, 6.45) is 4.19. The Labute approximate surface area is 122 Å². The largest absolute Gasteiger partial charge is 0.391 e. The smallest absolute Gasteiger partial charge is 0.319 e. The Morgan fingerprint density at radius 2 is 2.33 bits per heavy atom. The number of aliphatic hydroxyl groups is 1. The maximum Gasteiger partial charge on any atom is 0.319 e. The van der Waals surface area contributed by atoms with Crippen molar-refractivity contribution in [3.8, 4) is 11.4 Å². The van der Waals surface area contributed by atoms with Gasteiger partial charge in [0.05, 0.1) is 23.7 Å². The number of hydrogen-bond acceptors (Lipinski definition) is 4. The van der Waals surface area contributed by atoms with E-state index in [-0.39, 0.29) is 12.6 Å². The number of aliphatic hydroxyl groups excluding tert-OH is 1. The van der Waals surface area contributed by atoms with Gasteiger partial charge in [-0.25, -0.2) is 4.79 Å². The summed E-state index contributed by atoms with van der Waals surface area (Å²) in [6, 6.07) is 5.11. The van der Waals surface area contributed by atoms with Crippen LogP contribution in [0.25, 0.3) is 11.4 Å². The molecule has 0 aliphatic heterocycles. The number of pyridine rings is 1. The van der Waals surface area contributed by atoms with Gasteiger partial charge < -0.3 is 15.7 Å². The molecule has 0 aromatic carbocycles. The summed E-state index contributed by atoms with van der Waals surface area (Å²) >= 11 is 0.